The maximum absolute atomic E-state index is 4.02. The molecule has 0 spiro atoms. The molecule has 1 atom stereocenters. The van der Waals surface area contributed by atoms with Crippen molar-refractivity contribution >= 4 is 17.4 Å². The Balaban J connectivity index is 2.05. The molecule has 1 aliphatic heterocycles. The number of hydrogen-bond acceptors (Lipinski definition) is 4. The number of hydrogen-bond donors (Lipinski definition) is 1. The fraction of sp³-hybridized carbons (Fsp3) is 0.636. The molecular weight excluding hydrogens is 206 g/mol. The standard InChI is InChI=1S/C11H17N3S/c1-11(2)3-4-15-7-10(11)14-9-5-12-8-13-6-9/h5-6,8,10,14H,3-4,7H2,1-2H3. The van der Waals surface area contributed by atoms with Crippen LogP contribution in [-0.2, 0) is 0 Å². The Morgan fingerprint density at radius 3 is 2.80 bits per heavy atom. The number of rotatable bonds is 2. The van der Waals surface area contributed by atoms with Crippen LogP contribution in [0.15, 0.2) is 18.7 Å². The van der Waals surface area contributed by atoms with Crippen molar-refractivity contribution in [2.45, 2.75) is 26.3 Å². The van der Waals surface area contributed by atoms with Crippen LogP contribution in [0.5, 0.6) is 0 Å². The largest absolute Gasteiger partial charge is 0.378 e. The van der Waals surface area contributed by atoms with Crippen molar-refractivity contribution in [3.63, 3.8) is 0 Å². The second-order valence-corrected chi connectivity index (χ2v) is 5.79. The van der Waals surface area contributed by atoms with Gasteiger partial charge in [-0.2, -0.15) is 11.8 Å². The third kappa shape index (κ3) is 2.62. The zero-order valence-electron chi connectivity index (χ0n) is 9.23. The Morgan fingerprint density at radius 1 is 1.40 bits per heavy atom. The van der Waals surface area contributed by atoms with Crippen LogP contribution in [0.4, 0.5) is 5.69 Å². The lowest BCUT2D eigenvalue weighted by molar-refractivity contribution is 0.305. The topological polar surface area (TPSA) is 37.8 Å². The van der Waals surface area contributed by atoms with Crippen LogP contribution in [0.25, 0.3) is 0 Å². The summed E-state index contributed by atoms with van der Waals surface area (Å²) in [5.41, 5.74) is 1.39. The molecule has 4 heteroatoms. The Bertz CT molecular complexity index is 313. The highest BCUT2D eigenvalue weighted by Crippen LogP contribution is 2.35. The molecule has 15 heavy (non-hydrogen) atoms. The minimum Gasteiger partial charge on any atom is -0.378 e. The normalized spacial score (nSPS) is 24.8. The van der Waals surface area contributed by atoms with Crippen molar-refractivity contribution in [2.24, 2.45) is 5.41 Å². The van der Waals surface area contributed by atoms with E-state index in [1.807, 2.05) is 24.2 Å². The molecule has 1 aliphatic rings. The molecule has 0 aromatic carbocycles. The van der Waals surface area contributed by atoms with Crippen molar-refractivity contribution in [3.8, 4) is 0 Å². The molecular formula is C11H17N3S. The maximum atomic E-state index is 4.02. The minimum absolute atomic E-state index is 0.362. The van der Waals surface area contributed by atoms with Crippen molar-refractivity contribution in [1.82, 2.24) is 9.97 Å². The second kappa shape index (κ2) is 4.39. The molecule has 1 aromatic rings. The van der Waals surface area contributed by atoms with Crippen molar-refractivity contribution in [3.05, 3.63) is 18.7 Å². The van der Waals surface area contributed by atoms with E-state index in [1.54, 1.807) is 6.33 Å². The molecule has 82 valence electrons. The summed E-state index contributed by atoms with van der Waals surface area (Å²) in [6.07, 6.45) is 6.50. The minimum atomic E-state index is 0.362. The smallest absolute Gasteiger partial charge is 0.115 e. The molecule has 1 aromatic heterocycles. The second-order valence-electron chi connectivity index (χ2n) is 4.64. The maximum Gasteiger partial charge on any atom is 0.115 e. The summed E-state index contributed by atoms with van der Waals surface area (Å²) in [6, 6.07) is 0.516. The predicted octanol–water partition coefficient (Wildman–Crippen LogP) is 2.42. The van der Waals surface area contributed by atoms with Gasteiger partial charge >= 0.3 is 0 Å². The molecule has 0 bridgehead atoms. The van der Waals surface area contributed by atoms with E-state index in [-0.39, 0.29) is 0 Å². The van der Waals surface area contributed by atoms with E-state index in [1.165, 1.54) is 17.9 Å². The highest BCUT2D eigenvalue weighted by molar-refractivity contribution is 7.99. The number of nitrogens with one attached hydrogen (secondary N) is 1. The lowest BCUT2D eigenvalue weighted by Crippen LogP contribution is -2.41. The number of thioether (sulfide) groups is 1. The molecule has 0 aliphatic carbocycles. The lowest BCUT2D eigenvalue weighted by atomic mass is 9.82. The van der Waals surface area contributed by atoms with E-state index < -0.39 is 0 Å². The van der Waals surface area contributed by atoms with E-state index in [9.17, 15) is 0 Å². The van der Waals surface area contributed by atoms with Crippen molar-refractivity contribution in [1.29, 1.82) is 0 Å². The van der Waals surface area contributed by atoms with E-state index in [2.05, 4.69) is 29.1 Å². The Kier molecular flexibility index (Phi) is 3.14. The summed E-state index contributed by atoms with van der Waals surface area (Å²) in [7, 11) is 0. The SMILES string of the molecule is CC1(C)CCSCC1Nc1cncnc1. The first-order valence-electron chi connectivity index (χ1n) is 5.28. The molecule has 2 rings (SSSR count). The van der Waals surface area contributed by atoms with Gasteiger partial charge in [-0.05, 0) is 17.6 Å². The monoisotopic (exact) mass is 223 g/mol. The van der Waals surface area contributed by atoms with Crippen molar-refractivity contribution in [2.75, 3.05) is 16.8 Å². The summed E-state index contributed by atoms with van der Waals surface area (Å²) in [4.78, 5) is 8.04. The van der Waals surface area contributed by atoms with Gasteiger partial charge in [0.2, 0.25) is 0 Å². The van der Waals surface area contributed by atoms with E-state index in [0.717, 1.165) is 5.69 Å². The third-order valence-corrected chi connectivity index (χ3v) is 4.08. The van der Waals surface area contributed by atoms with E-state index >= 15 is 0 Å². The summed E-state index contributed by atoms with van der Waals surface area (Å²) in [6.45, 7) is 4.66. The first-order chi connectivity index (χ1) is 7.18. The third-order valence-electron chi connectivity index (χ3n) is 3.02. The van der Waals surface area contributed by atoms with Gasteiger partial charge in [0.15, 0.2) is 0 Å². The van der Waals surface area contributed by atoms with Gasteiger partial charge in [-0.3, -0.25) is 0 Å². The van der Waals surface area contributed by atoms with Gasteiger partial charge in [0.1, 0.15) is 6.33 Å². The number of anilines is 1. The highest BCUT2D eigenvalue weighted by atomic mass is 32.2. The van der Waals surface area contributed by atoms with E-state index in [0.29, 0.717) is 11.5 Å². The highest BCUT2D eigenvalue weighted by Gasteiger charge is 2.32. The Labute approximate surface area is 95.1 Å². The molecule has 2 heterocycles. The molecule has 1 N–H and O–H groups in total. The fourth-order valence-electron chi connectivity index (χ4n) is 1.75. The Morgan fingerprint density at radius 2 is 2.13 bits per heavy atom. The van der Waals surface area contributed by atoms with Gasteiger partial charge in [0.25, 0.3) is 0 Å². The molecule has 0 saturated carbocycles. The van der Waals surface area contributed by atoms with Gasteiger partial charge < -0.3 is 5.32 Å². The summed E-state index contributed by atoms with van der Waals surface area (Å²) < 4.78 is 0. The van der Waals surface area contributed by atoms with Gasteiger partial charge in [-0.1, -0.05) is 13.8 Å². The predicted molar refractivity (Wildman–Crippen MR) is 65.2 cm³/mol. The average molecular weight is 223 g/mol. The first-order valence-corrected chi connectivity index (χ1v) is 6.43. The summed E-state index contributed by atoms with van der Waals surface area (Å²) in [5, 5.41) is 3.53. The fourth-order valence-corrected chi connectivity index (χ4v) is 3.36. The van der Waals surface area contributed by atoms with Gasteiger partial charge in [-0.25, -0.2) is 9.97 Å². The van der Waals surface area contributed by atoms with Gasteiger partial charge in [0.05, 0.1) is 18.1 Å². The molecule has 1 fully saturated rings. The van der Waals surface area contributed by atoms with Crippen LogP contribution in [0.2, 0.25) is 0 Å². The number of aromatic nitrogens is 2. The van der Waals surface area contributed by atoms with E-state index in [4.69, 9.17) is 0 Å². The molecule has 0 amide bonds. The lowest BCUT2D eigenvalue weighted by Gasteiger charge is -2.39. The molecule has 1 unspecified atom stereocenters. The van der Waals surface area contributed by atoms with Crippen LogP contribution >= 0.6 is 11.8 Å². The Hall–Kier alpha value is -0.770. The zero-order chi connectivity index (χ0) is 10.7. The average Bonchev–Trinajstić information content (AvgIpc) is 2.23. The summed E-state index contributed by atoms with van der Waals surface area (Å²) >= 11 is 2.02. The number of nitrogens with zero attached hydrogens (tertiary/aromatic N) is 2. The van der Waals surface area contributed by atoms with Crippen LogP contribution < -0.4 is 5.32 Å². The zero-order valence-corrected chi connectivity index (χ0v) is 10.0. The van der Waals surface area contributed by atoms with Crippen LogP contribution in [-0.4, -0.2) is 27.5 Å². The van der Waals surface area contributed by atoms with Crippen LogP contribution in [0.3, 0.4) is 0 Å². The quantitative estimate of drug-likeness (QED) is 0.835. The van der Waals surface area contributed by atoms with Gasteiger partial charge in [-0.15, -0.1) is 0 Å². The molecule has 1 saturated heterocycles. The first kappa shape index (κ1) is 10.7. The van der Waals surface area contributed by atoms with Gasteiger partial charge in [0, 0.05) is 11.8 Å². The molecule has 3 nitrogen and oxygen atoms in total. The van der Waals surface area contributed by atoms with Crippen molar-refractivity contribution < 1.29 is 0 Å². The molecule has 0 radical (unpaired) electrons. The van der Waals surface area contributed by atoms with Crippen LogP contribution in [0.1, 0.15) is 20.3 Å². The van der Waals surface area contributed by atoms with Crippen LogP contribution in [0, 0.1) is 5.41 Å². The summed E-state index contributed by atoms with van der Waals surface area (Å²) in [5.74, 6) is 2.44.